The van der Waals surface area contributed by atoms with Crippen molar-refractivity contribution < 1.29 is 0 Å². The van der Waals surface area contributed by atoms with Gasteiger partial charge in [0.2, 0.25) is 0 Å². The second-order valence-electron chi connectivity index (χ2n) is 4.82. The van der Waals surface area contributed by atoms with Crippen LogP contribution in [0.5, 0.6) is 0 Å². The molecule has 0 amide bonds. The van der Waals surface area contributed by atoms with Gasteiger partial charge in [-0.3, -0.25) is 9.98 Å². The number of guanidine groups is 1. The van der Waals surface area contributed by atoms with E-state index in [9.17, 15) is 0 Å². The smallest absolute Gasteiger partial charge is 0.193 e. The molecule has 0 saturated carbocycles. The fourth-order valence-corrected chi connectivity index (χ4v) is 1.86. The number of hydrogen-bond acceptors (Lipinski definition) is 2. The number of aliphatic imine (C=N–C) groups is 1. The first-order chi connectivity index (χ1) is 9.63. The van der Waals surface area contributed by atoms with E-state index in [1.165, 1.54) is 11.1 Å². The second-order valence-corrected chi connectivity index (χ2v) is 4.82. The van der Waals surface area contributed by atoms with Gasteiger partial charge in [0.25, 0.3) is 0 Å². The highest BCUT2D eigenvalue weighted by Crippen LogP contribution is 2.08. The van der Waals surface area contributed by atoms with Crippen LogP contribution in [0.2, 0.25) is 0 Å². The van der Waals surface area contributed by atoms with Crippen molar-refractivity contribution in [3.05, 3.63) is 59.4 Å². The first kappa shape index (κ1) is 14.1. The molecule has 0 aliphatic heterocycles. The Hall–Kier alpha value is -2.36. The molecule has 0 fully saturated rings. The van der Waals surface area contributed by atoms with E-state index in [1.54, 1.807) is 0 Å². The summed E-state index contributed by atoms with van der Waals surface area (Å²) in [5.74, 6) is 0.440. The number of nitrogens with one attached hydrogen (secondary N) is 1. The van der Waals surface area contributed by atoms with E-state index in [0.717, 1.165) is 17.8 Å². The van der Waals surface area contributed by atoms with Gasteiger partial charge in [0.1, 0.15) is 0 Å². The van der Waals surface area contributed by atoms with Gasteiger partial charge >= 0.3 is 0 Å². The van der Waals surface area contributed by atoms with E-state index < -0.39 is 0 Å². The minimum Gasteiger partial charge on any atom is -0.370 e. The normalized spacial score (nSPS) is 11.4. The molecule has 1 aromatic carbocycles. The molecular weight excluding hydrogens is 248 g/mol. The van der Waals surface area contributed by atoms with Crippen molar-refractivity contribution in [2.24, 2.45) is 10.7 Å². The van der Waals surface area contributed by atoms with Crippen molar-refractivity contribution in [2.75, 3.05) is 11.9 Å². The van der Waals surface area contributed by atoms with Crippen LogP contribution in [0.4, 0.5) is 5.69 Å². The molecular formula is C16H20N4. The fourth-order valence-electron chi connectivity index (χ4n) is 1.86. The molecule has 0 atom stereocenters. The monoisotopic (exact) mass is 268 g/mol. The van der Waals surface area contributed by atoms with E-state index >= 15 is 0 Å². The van der Waals surface area contributed by atoms with Gasteiger partial charge in [0.05, 0.1) is 0 Å². The minimum absolute atomic E-state index is 0.440. The van der Waals surface area contributed by atoms with Crippen LogP contribution in [0.25, 0.3) is 0 Å². The van der Waals surface area contributed by atoms with Crippen LogP contribution < -0.4 is 11.1 Å². The molecule has 0 unspecified atom stereocenters. The lowest BCUT2D eigenvalue weighted by Gasteiger charge is -2.06. The average molecular weight is 268 g/mol. The lowest BCUT2D eigenvalue weighted by Crippen LogP contribution is -2.23. The SMILES string of the molecule is Cc1cccc(NC(N)=NCCc2ccc(C)nc2)c1. The maximum absolute atomic E-state index is 5.87. The third-order valence-corrected chi connectivity index (χ3v) is 2.95. The molecule has 0 saturated heterocycles. The van der Waals surface area contributed by atoms with Crippen LogP contribution in [-0.2, 0) is 6.42 Å². The Morgan fingerprint density at radius 3 is 2.80 bits per heavy atom. The van der Waals surface area contributed by atoms with Gasteiger partial charge in [-0.15, -0.1) is 0 Å². The zero-order valence-electron chi connectivity index (χ0n) is 11.9. The maximum atomic E-state index is 5.87. The number of aryl methyl sites for hydroxylation is 2. The Morgan fingerprint density at radius 1 is 1.25 bits per heavy atom. The van der Waals surface area contributed by atoms with Crippen molar-refractivity contribution >= 4 is 11.6 Å². The molecule has 3 N–H and O–H groups in total. The van der Waals surface area contributed by atoms with Crippen molar-refractivity contribution in [3.63, 3.8) is 0 Å². The largest absolute Gasteiger partial charge is 0.370 e. The highest BCUT2D eigenvalue weighted by molar-refractivity contribution is 5.92. The topological polar surface area (TPSA) is 63.3 Å². The molecule has 20 heavy (non-hydrogen) atoms. The van der Waals surface area contributed by atoms with Crippen molar-refractivity contribution in [1.82, 2.24) is 4.98 Å². The Labute approximate surface area is 119 Å². The fraction of sp³-hybridized carbons (Fsp3) is 0.250. The molecule has 104 valence electrons. The summed E-state index contributed by atoms with van der Waals surface area (Å²) in [7, 11) is 0. The molecule has 0 aliphatic carbocycles. The summed E-state index contributed by atoms with van der Waals surface area (Å²) >= 11 is 0. The molecule has 4 nitrogen and oxygen atoms in total. The molecule has 0 bridgehead atoms. The molecule has 4 heteroatoms. The molecule has 0 aliphatic rings. The summed E-state index contributed by atoms with van der Waals surface area (Å²) in [5.41, 5.74) is 10.2. The highest BCUT2D eigenvalue weighted by atomic mass is 15.1. The van der Waals surface area contributed by atoms with Gasteiger partial charge in [0, 0.05) is 24.1 Å². The first-order valence-electron chi connectivity index (χ1n) is 6.68. The van der Waals surface area contributed by atoms with Gasteiger partial charge in [-0.1, -0.05) is 18.2 Å². The Morgan fingerprint density at radius 2 is 2.10 bits per heavy atom. The summed E-state index contributed by atoms with van der Waals surface area (Å²) in [6, 6.07) is 12.1. The molecule has 1 heterocycles. The number of benzene rings is 1. The van der Waals surface area contributed by atoms with Crippen LogP contribution in [0.1, 0.15) is 16.8 Å². The van der Waals surface area contributed by atoms with Crippen LogP contribution in [0.3, 0.4) is 0 Å². The number of hydrogen-bond donors (Lipinski definition) is 2. The lowest BCUT2D eigenvalue weighted by atomic mass is 10.2. The van der Waals surface area contributed by atoms with Gasteiger partial charge in [-0.2, -0.15) is 0 Å². The molecule has 2 aromatic rings. The number of aromatic nitrogens is 1. The summed E-state index contributed by atoms with van der Waals surface area (Å²) in [6.07, 6.45) is 2.72. The van der Waals surface area contributed by atoms with E-state index in [1.807, 2.05) is 50.4 Å². The zero-order chi connectivity index (χ0) is 14.4. The predicted molar refractivity (Wildman–Crippen MR) is 84.0 cm³/mol. The maximum Gasteiger partial charge on any atom is 0.193 e. The first-order valence-corrected chi connectivity index (χ1v) is 6.68. The third kappa shape index (κ3) is 4.39. The third-order valence-electron chi connectivity index (χ3n) is 2.95. The Balaban J connectivity index is 1.86. The summed E-state index contributed by atoms with van der Waals surface area (Å²) in [6.45, 7) is 4.67. The van der Waals surface area contributed by atoms with E-state index in [2.05, 4.69) is 21.4 Å². The second kappa shape index (κ2) is 6.70. The summed E-state index contributed by atoms with van der Waals surface area (Å²) in [5, 5.41) is 3.09. The van der Waals surface area contributed by atoms with E-state index in [0.29, 0.717) is 12.5 Å². The van der Waals surface area contributed by atoms with Gasteiger partial charge < -0.3 is 11.1 Å². The Bertz CT molecular complexity index is 588. The summed E-state index contributed by atoms with van der Waals surface area (Å²) in [4.78, 5) is 8.58. The minimum atomic E-state index is 0.440. The molecule has 0 spiro atoms. The van der Waals surface area contributed by atoms with Crippen LogP contribution >= 0.6 is 0 Å². The number of nitrogens with two attached hydrogens (primary N) is 1. The van der Waals surface area contributed by atoms with Gasteiger partial charge in [-0.05, 0) is 49.6 Å². The van der Waals surface area contributed by atoms with Crippen LogP contribution in [0.15, 0.2) is 47.6 Å². The van der Waals surface area contributed by atoms with Crippen molar-refractivity contribution in [3.8, 4) is 0 Å². The van der Waals surface area contributed by atoms with Crippen LogP contribution in [-0.4, -0.2) is 17.5 Å². The standard InChI is InChI=1S/C16H20N4/c1-12-4-3-5-15(10-12)20-16(17)18-9-8-14-7-6-13(2)19-11-14/h3-7,10-11H,8-9H2,1-2H3,(H3,17,18,20). The van der Waals surface area contributed by atoms with E-state index in [4.69, 9.17) is 5.73 Å². The highest BCUT2D eigenvalue weighted by Gasteiger charge is 1.96. The lowest BCUT2D eigenvalue weighted by molar-refractivity contribution is 0.950. The quantitative estimate of drug-likeness (QED) is 0.662. The molecule has 1 aromatic heterocycles. The number of rotatable bonds is 4. The summed E-state index contributed by atoms with van der Waals surface area (Å²) < 4.78 is 0. The predicted octanol–water partition coefficient (Wildman–Crippen LogP) is 2.67. The Kier molecular flexibility index (Phi) is 4.71. The zero-order valence-corrected chi connectivity index (χ0v) is 11.9. The van der Waals surface area contributed by atoms with Crippen molar-refractivity contribution in [2.45, 2.75) is 20.3 Å². The van der Waals surface area contributed by atoms with Gasteiger partial charge in [0.15, 0.2) is 5.96 Å². The van der Waals surface area contributed by atoms with Crippen molar-refractivity contribution in [1.29, 1.82) is 0 Å². The number of nitrogens with zero attached hydrogens (tertiary/aromatic N) is 2. The van der Waals surface area contributed by atoms with E-state index in [-0.39, 0.29) is 0 Å². The van der Waals surface area contributed by atoms with Gasteiger partial charge in [-0.25, -0.2) is 0 Å². The average Bonchev–Trinajstić information content (AvgIpc) is 2.41. The molecule has 2 rings (SSSR count). The number of anilines is 1. The molecule has 0 radical (unpaired) electrons. The number of pyridine rings is 1. The van der Waals surface area contributed by atoms with Crippen LogP contribution in [0, 0.1) is 13.8 Å².